The molecule has 0 unspecified atom stereocenters. The molecule has 0 radical (unpaired) electrons. The van der Waals surface area contributed by atoms with Gasteiger partial charge in [-0.2, -0.15) is 10.1 Å². The van der Waals surface area contributed by atoms with E-state index < -0.39 is 0 Å². The van der Waals surface area contributed by atoms with Gasteiger partial charge in [0.25, 0.3) is 0 Å². The summed E-state index contributed by atoms with van der Waals surface area (Å²) in [6.07, 6.45) is 0. The van der Waals surface area contributed by atoms with Crippen LogP contribution in [0, 0.1) is 6.92 Å². The zero-order valence-electron chi connectivity index (χ0n) is 13.8. The van der Waals surface area contributed by atoms with Crippen LogP contribution in [-0.4, -0.2) is 42.0 Å². The molecule has 6 nitrogen and oxygen atoms in total. The molecule has 0 atom stereocenters. The van der Waals surface area contributed by atoms with Crippen molar-refractivity contribution < 1.29 is 4.74 Å². The predicted octanol–water partition coefficient (Wildman–Crippen LogP) is 3.11. The lowest BCUT2D eigenvalue weighted by Gasteiger charge is -2.27. The van der Waals surface area contributed by atoms with Crippen LogP contribution in [-0.2, 0) is 4.74 Å². The molecule has 7 heteroatoms. The molecule has 1 aliphatic rings. The zero-order valence-corrected chi connectivity index (χ0v) is 14.5. The first-order valence-corrected chi connectivity index (χ1v) is 8.24. The molecule has 24 heavy (non-hydrogen) atoms. The molecule has 2 aromatic rings. The summed E-state index contributed by atoms with van der Waals surface area (Å²) < 4.78 is 5.37. The third-order valence-electron chi connectivity index (χ3n) is 3.74. The van der Waals surface area contributed by atoms with Crippen molar-refractivity contribution in [3.8, 4) is 0 Å². The van der Waals surface area contributed by atoms with E-state index >= 15 is 0 Å². The first-order valence-electron chi connectivity index (χ1n) is 7.86. The van der Waals surface area contributed by atoms with E-state index in [2.05, 4.69) is 25.4 Å². The quantitative estimate of drug-likeness (QED) is 0.681. The third kappa shape index (κ3) is 4.21. The number of benzene rings is 1. The van der Waals surface area contributed by atoms with Gasteiger partial charge in [0.15, 0.2) is 5.82 Å². The largest absolute Gasteiger partial charge is 0.378 e. The van der Waals surface area contributed by atoms with Crippen LogP contribution in [0.25, 0.3) is 0 Å². The van der Waals surface area contributed by atoms with Crippen molar-refractivity contribution in [2.75, 3.05) is 36.6 Å². The number of anilines is 2. The van der Waals surface area contributed by atoms with Crippen LogP contribution >= 0.6 is 11.6 Å². The van der Waals surface area contributed by atoms with Crippen molar-refractivity contribution in [3.05, 3.63) is 46.6 Å². The average molecular weight is 346 g/mol. The van der Waals surface area contributed by atoms with Gasteiger partial charge in [-0.1, -0.05) is 23.7 Å². The van der Waals surface area contributed by atoms with Crippen molar-refractivity contribution in [2.45, 2.75) is 13.8 Å². The van der Waals surface area contributed by atoms with Crippen LogP contribution in [0.2, 0.25) is 5.02 Å². The molecular weight excluding hydrogens is 326 g/mol. The fourth-order valence-electron chi connectivity index (χ4n) is 2.41. The fraction of sp³-hybridized carbons (Fsp3) is 0.353. The highest BCUT2D eigenvalue weighted by atomic mass is 35.5. The topological polar surface area (TPSA) is 62.6 Å². The molecule has 2 heterocycles. The summed E-state index contributed by atoms with van der Waals surface area (Å²) in [6, 6.07) is 9.45. The number of ether oxygens (including phenoxy) is 1. The Morgan fingerprint density at radius 2 is 1.92 bits per heavy atom. The summed E-state index contributed by atoms with van der Waals surface area (Å²) in [4.78, 5) is 11.2. The van der Waals surface area contributed by atoms with E-state index in [0.717, 1.165) is 30.1 Å². The number of rotatable bonds is 4. The SMILES string of the molecule is C/C(=N/Nc1cc(C)nc(N2CCOCC2)n1)c1ccc(Cl)cc1. The Bertz CT molecular complexity index is 726. The van der Waals surface area contributed by atoms with Gasteiger partial charge in [-0.15, -0.1) is 0 Å². The lowest BCUT2D eigenvalue weighted by Crippen LogP contribution is -2.37. The average Bonchev–Trinajstić information content (AvgIpc) is 2.60. The molecule has 1 aromatic heterocycles. The van der Waals surface area contributed by atoms with Crippen molar-refractivity contribution in [1.82, 2.24) is 9.97 Å². The maximum atomic E-state index is 5.91. The Balaban J connectivity index is 1.75. The molecule has 0 bridgehead atoms. The highest BCUT2D eigenvalue weighted by Crippen LogP contribution is 2.16. The molecule has 1 aliphatic heterocycles. The van der Waals surface area contributed by atoms with Gasteiger partial charge in [0, 0.05) is 29.9 Å². The van der Waals surface area contributed by atoms with Crippen molar-refractivity contribution in [2.24, 2.45) is 5.10 Å². The highest BCUT2D eigenvalue weighted by molar-refractivity contribution is 6.30. The highest BCUT2D eigenvalue weighted by Gasteiger charge is 2.14. The molecule has 0 spiro atoms. The summed E-state index contributed by atoms with van der Waals surface area (Å²) in [5.41, 5.74) is 5.78. The van der Waals surface area contributed by atoms with Gasteiger partial charge in [-0.05, 0) is 31.5 Å². The number of halogens is 1. The standard InChI is InChI=1S/C17H20ClN5O/c1-12-11-16(20-17(19-12)23-7-9-24-10-8-23)22-21-13(2)14-3-5-15(18)6-4-14/h3-6,11H,7-10H2,1-2H3,(H,19,20,22)/b21-13-. The van der Waals surface area contributed by atoms with E-state index in [1.165, 1.54) is 0 Å². The van der Waals surface area contributed by atoms with Gasteiger partial charge in [0.05, 0.1) is 18.9 Å². The molecule has 3 rings (SSSR count). The summed E-state index contributed by atoms with van der Waals surface area (Å²) in [6.45, 7) is 6.90. The number of aromatic nitrogens is 2. The zero-order chi connectivity index (χ0) is 16.9. The fourth-order valence-corrected chi connectivity index (χ4v) is 2.54. The van der Waals surface area contributed by atoms with E-state index in [-0.39, 0.29) is 0 Å². The lowest BCUT2D eigenvalue weighted by molar-refractivity contribution is 0.122. The molecule has 0 saturated carbocycles. The number of hydrazone groups is 1. The van der Waals surface area contributed by atoms with Crippen LogP contribution in [0.4, 0.5) is 11.8 Å². The molecule has 1 fully saturated rings. The van der Waals surface area contributed by atoms with E-state index in [0.29, 0.717) is 30.0 Å². The minimum Gasteiger partial charge on any atom is -0.378 e. The van der Waals surface area contributed by atoms with Gasteiger partial charge in [-0.3, -0.25) is 5.43 Å². The van der Waals surface area contributed by atoms with Crippen LogP contribution in [0.15, 0.2) is 35.4 Å². The van der Waals surface area contributed by atoms with Gasteiger partial charge in [-0.25, -0.2) is 4.98 Å². The smallest absolute Gasteiger partial charge is 0.227 e. The Hall–Kier alpha value is -2.18. The number of nitrogens with zero attached hydrogens (tertiary/aromatic N) is 4. The number of nitrogens with one attached hydrogen (secondary N) is 1. The number of hydrogen-bond donors (Lipinski definition) is 1. The molecule has 0 amide bonds. The Morgan fingerprint density at radius 3 is 2.62 bits per heavy atom. The van der Waals surface area contributed by atoms with Crippen molar-refractivity contribution in [3.63, 3.8) is 0 Å². The van der Waals surface area contributed by atoms with Gasteiger partial charge >= 0.3 is 0 Å². The first-order chi connectivity index (χ1) is 11.6. The number of hydrogen-bond acceptors (Lipinski definition) is 6. The summed E-state index contributed by atoms with van der Waals surface area (Å²) in [5.74, 6) is 1.39. The molecule has 0 aliphatic carbocycles. The Kier molecular flexibility index (Phi) is 5.27. The minimum absolute atomic E-state index is 0.678. The molecule has 1 aromatic carbocycles. The van der Waals surface area contributed by atoms with Gasteiger partial charge in [0.2, 0.25) is 5.95 Å². The van der Waals surface area contributed by atoms with Gasteiger partial charge < -0.3 is 9.64 Å². The number of aryl methyl sites for hydroxylation is 1. The molecule has 1 N–H and O–H groups in total. The van der Waals surface area contributed by atoms with E-state index in [1.54, 1.807) is 0 Å². The summed E-state index contributed by atoms with van der Waals surface area (Å²) >= 11 is 5.91. The van der Waals surface area contributed by atoms with Crippen LogP contribution in [0.1, 0.15) is 18.2 Å². The van der Waals surface area contributed by atoms with Crippen LogP contribution < -0.4 is 10.3 Å². The molecule has 1 saturated heterocycles. The maximum Gasteiger partial charge on any atom is 0.227 e. The van der Waals surface area contributed by atoms with Crippen LogP contribution in [0.3, 0.4) is 0 Å². The van der Waals surface area contributed by atoms with Crippen molar-refractivity contribution in [1.29, 1.82) is 0 Å². The van der Waals surface area contributed by atoms with E-state index in [1.807, 2.05) is 44.2 Å². The minimum atomic E-state index is 0.678. The second-order valence-electron chi connectivity index (χ2n) is 5.61. The Labute approximate surface area is 146 Å². The molecular formula is C17H20ClN5O. The second-order valence-corrected chi connectivity index (χ2v) is 6.05. The van der Waals surface area contributed by atoms with E-state index in [9.17, 15) is 0 Å². The van der Waals surface area contributed by atoms with E-state index in [4.69, 9.17) is 16.3 Å². The molecule has 126 valence electrons. The maximum absolute atomic E-state index is 5.91. The number of morpholine rings is 1. The normalized spacial score (nSPS) is 15.5. The second kappa shape index (κ2) is 7.59. The first kappa shape index (κ1) is 16.7. The lowest BCUT2D eigenvalue weighted by atomic mass is 10.1. The summed E-state index contributed by atoms with van der Waals surface area (Å²) in [7, 11) is 0. The third-order valence-corrected chi connectivity index (χ3v) is 3.99. The Morgan fingerprint density at radius 1 is 1.21 bits per heavy atom. The van der Waals surface area contributed by atoms with Crippen molar-refractivity contribution >= 4 is 29.1 Å². The predicted molar refractivity (Wildman–Crippen MR) is 97.1 cm³/mol. The summed E-state index contributed by atoms with van der Waals surface area (Å²) in [5, 5.41) is 5.12. The monoisotopic (exact) mass is 345 g/mol. The van der Waals surface area contributed by atoms with Gasteiger partial charge in [0.1, 0.15) is 0 Å². The van der Waals surface area contributed by atoms with Crippen LogP contribution in [0.5, 0.6) is 0 Å².